The first-order valence-corrected chi connectivity index (χ1v) is 6.24. The summed E-state index contributed by atoms with van der Waals surface area (Å²) in [7, 11) is 0. The number of rotatable bonds is 6. The Morgan fingerprint density at radius 1 is 1.43 bits per heavy atom. The number of carboxylic acid groups (broad SMARTS) is 1. The number of benzene rings is 1. The van der Waals surface area contributed by atoms with E-state index in [4.69, 9.17) is 10.4 Å². The van der Waals surface area contributed by atoms with Gasteiger partial charge in [0.15, 0.2) is 5.71 Å². The van der Waals surface area contributed by atoms with Crippen LogP contribution in [0.3, 0.4) is 0 Å². The van der Waals surface area contributed by atoms with Crippen molar-refractivity contribution in [2.24, 2.45) is 11.0 Å². The van der Waals surface area contributed by atoms with Gasteiger partial charge in [0.25, 0.3) is 17.5 Å². The molecule has 1 aliphatic heterocycles. The Kier molecular flexibility index (Phi) is 4.37. The maximum absolute atomic E-state index is 12.2. The highest BCUT2D eigenvalue weighted by Crippen LogP contribution is 2.24. The van der Waals surface area contributed by atoms with E-state index in [0.717, 1.165) is 0 Å². The number of carboxylic acids is 1. The quantitative estimate of drug-likeness (QED) is 0.344. The van der Waals surface area contributed by atoms with E-state index in [1.807, 2.05) is 0 Å². The zero-order valence-corrected chi connectivity index (χ0v) is 11.6. The molecule has 0 aromatic heterocycles. The highest BCUT2D eigenvalue weighted by atomic mass is 17.1. The summed E-state index contributed by atoms with van der Waals surface area (Å²) in [6, 6.07) is 5.34. The van der Waals surface area contributed by atoms with Crippen molar-refractivity contribution in [3.8, 4) is 0 Å². The van der Waals surface area contributed by atoms with Gasteiger partial charge in [0.05, 0.1) is 10.8 Å². The number of carbonyl (C=O) groups excluding carboxylic acids is 1. The average Bonchev–Trinajstić information content (AvgIpc) is 2.84. The van der Waals surface area contributed by atoms with Crippen LogP contribution in [0.5, 0.6) is 0 Å². The maximum Gasteiger partial charge on any atom is 0.352 e. The number of hydrogen-bond donors (Lipinski definition) is 2. The van der Waals surface area contributed by atoms with Crippen molar-refractivity contribution in [1.82, 2.24) is 5.01 Å². The maximum atomic E-state index is 12.2. The SMILES string of the molecule is C=C(OO)N1N=C(C(=O)O)C(Cc2ccc([N+](=O)[O-])cc2)C1=O. The first-order chi connectivity index (χ1) is 10.8. The van der Waals surface area contributed by atoms with Gasteiger partial charge < -0.3 is 9.99 Å². The first-order valence-electron chi connectivity index (χ1n) is 6.24. The number of hydrogen-bond acceptors (Lipinski definition) is 7. The van der Waals surface area contributed by atoms with Gasteiger partial charge >= 0.3 is 5.97 Å². The van der Waals surface area contributed by atoms with Crippen LogP contribution in [0.2, 0.25) is 0 Å². The van der Waals surface area contributed by atoms with Gasteiger partial charge in [-0.15, -0.1) is 0 Å². The lowest BCUT2D eigenvalue weighted by Crippen LogP contribution is -2.31. The van der Waals surface area contributed by atoms with E-state index in [1.54, 1.807) is 0 Å². The van der Waals surface area contributed by atoms with Crippen molar-refractivity contribution < 1.29 is 29.8 Å². The molecule has 1 aromatic rings. The minimum Gasteiger partial charge on any atom is -0.477 e. The van der Waals surface area contributed by atoms with E-state index in [9.17, 15) is 19.7 Å². The topological polar surface area (TPSA) is 143 Å². The fraction of sp³-hybridized carbons (Fsp3) is 0.154. The lowest BCUT2D eigenvalue weighted by Gasteiger charge is -2.13. The first kappa shape index (κ1) is 16.1. The average molecular weight is 321 g/mol. The number of nitro benzene ring substituents is 1. The third-order valence-corrected chi connectivity index (χ3v) is 3.19. The van der Waals surface area contributed by atoms with Crippen LogP contribution in [0.1, 0.15) is 5.56 Å². The molecule has 1 aromatic carbocycles. The summed E-state index contributed by atoms with van der Waals surface area (Å²) in [5.74, 6) is -3.79. The summed E-state index contributed by atoms with van der Waals surface area (Å²) in [4.78, 5) is 37.2. The highest BCUT2D eigenvalue weighted by Gasteiger charge is 2.41. The lowest BCUT2D eigenvalue weighted by molar-refractivity contribution is -0.384. The molecule has 2 rings (SSSR count). The molecule has 1 heterocycles. The second-order valence-electron chi connectivity index (χ2n) is 4.61. The number of nitrogens with zero attached hydrogens (tertiary/aromatic N) is 3. The highest BCUT2D eigenvalue weighted by molar-refractivity contribution is 6.41. The van der Waals surface area contributed by atoms with Crippen molar-refractivity contribution in [3.63, 3.8) is 0 Å². The van der Waals surface area contributed by atoms with E-state index < -0.39 is 34.3 Å². The largest absolute Gasteiger partial charge is 0.477 e. The molecule has 0 bridgehead atoms. The second-order valence-corrected chi connectivity index (χ2v) is 4.61. The van der Waals surface area contributed by atoms with Crippen molar-refractivity contribution in [1.29, 1.82) is 0 Å². The molecule has 0 saturated heterocycles. The molecule has 1 atom stereocenters. The van der Waals surface area contributed by atoms with Crippen LogP contribution >= 0.6 is 0 Å². The van der Waals surface area contributed by atoms with E-state index in [-0.39, 0.29) is 12.1 Å². The van der Waals surface area contributed by atoms with E-state index in [1.165, 1.54) is 24.3 Å². The van der Waals surface area contributed by atoms with E-state index in [2.05, 4.69) is 16.6 Å². The van der Waals surface area contributed by atoms with Gasteiger partial charge in [-0.1, -0.05) is 12.1 Å². The van der Waals surface area contributed by atoms with E-state index in [0.29, 0.717) is 10.6 Å². The molecular formula is C13H11N3O7. The van der Waals surface area contributed by atoms with Gasteiger partial charge in [-0.05, 0) is 18.6 Å². The molecule has 10 nitrogen and oxygen atoms in total. The molecule has 0 saturated carbocycles. The van der Waals surface area contributed by atoms with Crippen LogP contribution in [0.15, 0.2) is 41.8 Å². The molecule has 0 aliphatic carbocycles. The molecule has 2 N–H and O–H groups in total. The Bertz CT molecular complexity index is 711. The second kappa shape index (κ2) is 6.23. The zero-order chi connectivity index (χ0) is 17.1. The number of non-ortho nitro benzene ring substituents is 1. The fourth-order valence-electron chi connectivity index (χ4n) is 2.07. The van der Waals surface area contributed by atoms with Crippen LogP contribution in [0.25, 0.3) is 0 Å². The Hall–Kier alpha value is -3.27. The van der Waals surface area contributed by atoms with Gasteiger partial charge in [0.1, 0.15) is 0 Å². The molecule has 120 valence electrons. The number of carbonyl (C=O) groups is 2. The van der Waals surface area contributed by atoms with Crippen molar-refractivity contribution in [2.45, 2.75) is 6.42 Å². The molecule has 0 spiro atoms. The third-order valence-electron chi connectivity index (χ3n) is 3.19. The number of nitro groups is 1. The molecule has 23 heavy (non-hydrogen) atoms. The van der Waals surface area contributed by atoms with Crippen LogP contribution in [-0.4, -0.2) is 37.9 Å². The van der Waals surface area contributed by atoms with E-state index >= 15 is 0 Å². The molecule has 1 unspecified atom stereocenters. The van der Waals surface area contributed by atoms with Crippen molar-refractivity contribution in [2.75, 3.05) is 0 Å². The standard InChI is InChI=1S/C13H11N3O7/c1-7(23-22)15-12(17)10(11(14-15)13(18)19)6-8-2-4-9(5-3-8)16(20)21/h2-5,10,22H,1,6H2,(H,18,19). The predicted molar refractivity (Wildman–Crippen MR) is 75.1 cm³/mol. The molecule has 10 heteroatoms. The van der Waals surface area contributed by atoms with Crippen LogP contribution in [-0.2, 0) is 20.9 Å². The molecular weight excluding hydrogens is 310 g/mol. The fourth-order valence-corrected chi connectivity index (χ4v) is 2.07. The van der Waals surface area contributed by atoms with Crippen LogP contribution < -0.4 is 0 Å². The summed E-state index contributed by atoms with van der Waals surface area (Å²) < 4.78 is 0. The summed E-state index contributed by atoms with van der Waals surface area (Å²) in [5.41, 5.74) is -0.0471. The Labute approximate surface area is 129 Å². The number of amides is 1. The molecule has 0 fully saturated rings. The molecule has 0 radical (unpaired) electrons. The summed E-state index contributed by atoms with van der Waals surface area (Å²) >= 11 is 0. The lowest BCUT2D eigenvalue weighted by atomic mass is 9.94. The normalized spacial score (nSPS) is 16.9. The third kappa shape index (κ3) is 3.16. The van der Waals surface area contributed by atoms with Gasteiger partial charge in [-0.2, -0.15) is 10.1 Å². The Morgan fingerprint density at radius 3 is 2.52 bits per heavy atom. The predicted octanol–water partition coefficient (Wildman–Crippen LogP) is 0.997. The minimum absolute atomic E-state index is 0.0306. The molecule has 1 aliphatic rings. The number of hydrazone groups is 1. The minimum atomic E-state index is -1.40. The summed E-state index contributed by atoms with van der Waals surface area (Å²) in [6.45, 7) is 3.23. The Morgan fingerprint density at radius 2 is 2.04 bits per heavy atom. The Balaban J connectivity index is 2.25. The van der Waals surface area contributed by atoms with Crippen molar-refractivity contribution >= 4 is 23.3 Å². The van der Waals surface area contributed by atoms with Gasteiger partial charge in [-0.3, -0.25) is 14.9 Å². The number of aliphatic carboxylic acids is 1. The summed E-state index contributed by atoms with van der Waals surface area (Å²) in [6.07, 6.45) is -0.0306. The smallest absolute Gasteiger partial charge is 0.352 e. The van der Waals surface area contributed by atoms with Gasteiger partial charge in [0.2, 0.25) is 0 Å². The monoisotopic (exact) mass is 321 g/mol. The van der Waals surface area contributed by atoms with Gasteiger partial charge in [-0.25, -0.2) is 10.1 Å². The van der Waals surface area contributed by atoms with Crippen molar-refractivity contribution in [3.05, 3.63) is 52.4 Å². The van der Waals surface area contributed by atoms with Gasteiger partial charge in [0, 0.05) is 12.1 Å². The zero-order valence-electron chi connectivity index (χ0n) is 11.6. The van der Waals surface area contributed by atoms with Crippen LogP contribution in [0, 0.1) is 16.0 Å². The molecule has 1 amide bonds. The van der Waals surface area contributed by atoms with Crippen LogP contribution in [0.4, 0.5) is 5.69 Å². The summed E-state index contributed by atoms with van der Waals surface area (Å²) in [5, 5.41) is 32.4.